The lowest BCUT2D eigenvalue weighted by Gasteiger charge is -2.29. The van der Waals surface area contributed by atoms with Crippen LogP contribution in [0.3, 0.4) is 0 Å². The third kappa shape index (κ3) is 3.19. The van der Waals surface area contributed by atoms with E-state index in [0.29, 0.717) is 6.04 Å². The second-order valence-corrected chi connectivity index (χ2v) is 5.83. The molecule has 1 aromatic heterocycles. The monoisotopic (exact) mass is 259 g/mol. The minimum atomic E-state index is 0.656. The van der Waals surface area contributed by atoms with Gasteiger partial charge in [-0.2, -0.15) is 5.26 Å². The maximum absolute atomic E-state index is 9.05. The number of rotatable bonds is 4. The third-order valence-electron chi connectivity index (χ3n) is 4.70. The fourth-order valence-corrected chi connectivity index (χ4v) is 3.15. The fourth-order valence-electron chi connectivity index (χ4n) is 3.15. The van der Waals surface area contributed by atoms with Crippen molar-refractivity contribution in [3.8, 4) is 6.07 Å². The van der Waals surface area contributed by atoms with Crippen LogP contribution in [-0.4, -0.2) is 10.6 Å². The van der Waals surface area contributed by atoms with Gasteiger partial charge in [0.1, 0.15) is 11.8 Å². The van der Waals surface area contributed by atoms with Crippen molar-refractivity contribution in [2.24, 2.45) is 13.0 Å². The molecule has 1 heterocycles. The van der Waals surface area contributed by atoms with Gasteiger partial charge in [0.05, 0.1) is 0 Å². The Kier molecular flexibility index (Phi) is 4.66. The van der Waals surface area contributed by atoms with Crippen LogP contribution >= 0.6 is 0 Å². The van der Waals surface area contributed by atoms with Crippen LogP contribution in [0.2, 0.25) is 0 Å². The molecule has 2 unspecified atom stereocenters. The second-order valence-electron chi connectivity index (χ2n) is 5.83. The van der Waals surface area contributed by atoms with E-state index in [2.05, 4.69) is 25.2 Å². The molecule has 0 saturated heterocycles. The van der Waals surface area contributed by atoms with Gasteiger partial charge >= 0.3 is 0 Å². The van der Waals surface area contributed by atoms with E-state index in [1.165, 1.54) is 43.4 Å². The van der Waals surface area contributed by atoms with Crippen molar-refractivity contribution >= 4 is 0 Å². The van der Waals surface area contributed by atoms with Gasteiger partial charge in [-0.15, -0.1) is 0 Å². The molecule has 1 saturated carbocycles. The van der Waals surface area contributed by atoms with Gasteiger partial charge in [0, 0.05) is 25.3 Å². The topological polar surface area (TPSA) is 40.8 Å². The van der Waals surface area contributed by atoms with E-state index in [1.807, 2.05) is 17.7 Å². The summed E-state index contributed by atoms with van der Waals surface area (Å²) in [5.74, 6) is 0.901. The smallest absolute Gasteiger partial charge is 0.120 e. The first-order valence-corrected chi connectivity index (χ1v) is 7.44. The Hall–Kier alpha value is -1.27. The van der Waals surface area contributed by atoms with Gasteiger partial charge in [-0.25, -0.2) is 0 Å². The maximum Gasteiger partial charge on any atom is 0.120 e. The van der Waals surface area contributed by atoms with E-state index >= 15 is 0 Å². The highest BCUT2D eigenvalue weighted by Gasteiger charge is 2.20. The first-order chi connectivity index (χ1) is 9.15. The molecule has 0 bridgehead atoms. The molecule has 1 aromatic rings. The lowest BCUT2D eigenvalue weighted by molar-refractivity contribution is 0.278. The van der Waals surface area contributed by atoms with Gasteiger partial charge in [-0.05, 0) is 37.3 Å². The molecule has 2 atom stereocenters. The molecule has 3 nitrogen and oxygen atoms in total. The molecule has 0 aliphatic heterocycles. The summed E-state index contributed by atoms with van der Waals surface area (Å²) in [7, 11) is 1.96. The van der Waals surface area contributed by atoms with Gasteiger partial charge in [-0.1, -0.05) is 26.2 Å². The molecule has 19 heavy (non-hydrogen) atoms. The summed E-state index contributed by atoms with van der Waals surface area (Å²) in [5.41, 5.74) is 3.22. The Balaban J connectivity index is 1.94. The molecule has 0 radical (unpaired) electrons. The van der Waals surface area contributed by atoms with E-state index in [9.17, 15) is 0 Å². The van der Waals surface area contributed by atoms with E-state index in [1.54, 1.807) is 0 Å². The molecule has 1 N–H and O–H groups in total. The molecular weight excluding hydrogens is 234 g/mol. The number of nitriles is 1. The van der Waals surface area contributed by atoms with Crippen molar-refractivity contribution in [2.45, 2.75) is 58.5 Å². The lowest BCUT2D eigenvalue weighted by atomic mass is 9.84. The van der Waals surface area contributed by atoms with Crippen LogP contribution in [0.1, 0.15) is 56.0 Å². The zero-order chi connectivity index (χ0) is 13.8. The van der Waals surface area contributed by atoms with Crippen LogP contribution in [0, 0.1) is 24.2 Å². The lowest BCUT2D eigenvalue weighted by Crippen LogP contribution is -2.33. The van der Waals surface area contributed by atoms with Crippen LogP contribution in [0.5, 0.6) is 0 Å². The molecule has 104 valence electrons. The largest absolute Gasteiger partial charge is 0.340 e. The summed E-state index contributed by atoms with van der Waals surface area (Å²) in [6, 6.07) is 4.92. The number of aromatic nitrogens is 1. The predicted molar refractivity (Wildman–Crippen MR) is 77.7 cm³/mol. The predicted octanol–water partition coefficient (Wildman–Crippen LogP) is 3.26. The van der Waals surface area contributed by atoms with Gasteiger partial charge in [0.2, 0.25) is 0 Å². The summed E-state index contributed by atoms with van der Waals surface area (Å²) in [6.07, 6.45) is 6.67. The molecule has 1 aliphatic carbocycles. The Bertz CT molecular complexity index is 467. The Labute approximate surface area is 116 Å². The van der Waals surface area contributed by atoms with Gasteiger partial charge in [0.15, 0.2) is 0 Å². The van der Waals surface area contributed by atoms with E-state index in [-0.39, 0.29) is 0 Å². The summed E-state index contributed by atoms with van der Waals surface area (Å²) in [4.78, 5) is 0. The summed E-state index contributed by atoms with van der Waals surface area (Å²) in [6.45, 7) is 5.28. The quantitative estimate of drug-likeness (QED) is 0.901. The number of hydrogen-bond acceptors (Lipinski definition) is 2. The molecular formula is C16H25N3. The van der Waals surface area contributed by atoms with Crippen LogP contribution in [0.4, 0.5) is 0 Å². The Morgan fingerprint density at radius 2 is 2.26 bits per heavy atom. The third-order valence-corrected chi connectivity index (χ3v) is 4.70. The highest BCUT2D eigenvalue weighted by molar-refractivity contribution is 5.34. The number of nitrogens with one attached hydrogen (secondary N) is 1. The summed E-state index contributed by atoms with van der Waals surface area (Å²) < 4.78 is 1.98. The molecule has 3 heteroatoms. The molecule has 0 spiro atoms. The molecule has 1 aliphatic rings. The van der Waals surface area contributed by atoms with E-state index in [0.717, 1.165) is 18.2 Å². The standard InChI is InChI=1S/C16H25N3/c1-4-13-6-5-7-15(8-13)18-11-14-9-16(10-17)19(3)12(14)2/h9,13,15,18H,4-8,11H2,1-3H3. The van der Waals surface area contributed by atoms with E-state index in [4.69, 9.17) is 5.26 Å². The minimum absolute atomic E-state index is 0.656. The molecule has 1 fully saturated rings. The first-order valence-electron chi connectivity index (χ1n) is 7.44. The normalized spacial score (nSPS) is 23.3. The average molecular weight is 259 g/mol. The van der Waals surface area contributed by atoms with Crippen LogP contribution < -0.4 is 5.32 Å². The maximum atomic E-state index is 9.05. The minimum Gasteiger partial charge on any atom is -0.340 e. The second kappa shape index (κ2) is 6.25. The van der Waals surface area contributed by atoms with Crippen molar-refractivity contribution in [1.82, 2.24) is 9.88 Å². The zero-order valence-corrected chi connectivity index (χ0v) is 12.4. The Morgan fingerprint density at radius 1 is 1.47 bits per heavy atom. The van der Waals surface area contributed by atoms with Crippen molar-refractivity contribution in [2.75, 3.05) is 0 Å². The molecule has 2 rings (SSSR count). The van der Waals surface area contributed by atoms with Crippen molar-refractivity contribution in [3.63, 3.8) is 0 Å². The Morgan fingerprint density at radius 3 is 2.89 bits per heavy atom. The zero-order valence-electron chi connectivity index (χ0n) is 12.4. The average Bonchev–Trinajstić information content (AvgIpc) is 2.73. The van der Waals surface area contributed by atoms with Crippen molar-refractivity contribution in [1.29, 1.82) is 5.26 Å². The highest BCUT2D eigenvalue weighted by atomic mass is 15.0. The summed E-state index contributed by atoms with van der Waals surface area (Å²) in [5, 5.41) is 12.7. The number of nitrogens with zero attached hydrogens (tertiary/aromatic N) is 2. The van der Waals surface area contributed by atoms with Crippen molar-refractivity contribution in [3.05, 3.63) is 23.0 Å². The number of hydrogen-bond donors (Lipinski definition) is 1. The van der Waals surface area contributed by atoms with Crippen LogP contribution in [-0.2, 0) is 13.6 Å². The fraction of sp³-hybridized carbons (Fsp3) is 0.688. The van der Waals surface area contributed by atoms with Gasteiger partial charge in [0.25, 0.3) is 0 Å². The summed E-state index contributed by atoms with van der Waals surface area (Å²) >= 11 is 0. The van der Waals surface area contributed by atoms with E-state index < -0.39 is 0 Å². The van der Waals surface area contributed by atoms with Crippen LogP contribution in [0.15, 0.2) is 6.07 Å². The molecule has 0 amide bonds. The SMILES string of the molecule is CCC1CCCC(NCc2cc(C#N)n(C)c2C)C1. The van der Waals surface area contributed by atoms with Gasteiger partial charge in [-0.3, -0.25) is 0 Å². The highest BCUT2D eigenvalue weighted by Crippen LogP contribution is 2.27. The first kappa shape index (κ1) is 14.1. The van der Waals surface area contributed by atoms with Gasteiger partial charge < -0.3 is 9.88 Å². The van der Waals surface area contributed by atoms with Crippen molar-refractivity contribution < 1.29 is 0 Å². The molecule has 0 aromatic carbocycles. The van der Waals surface area contributed by atoms with Crippen LogP contribution in [0.25, 0.3) is 0 Å².